The molecule has 2 aromatic rings. The number of nitrogens with one attached hydrogen (secondary N) is 1. The fourth-order valence-electron chi connectivity index (χ4n) is 3.30. The van der Waals surface area contributed by atoms with Gasteiger partial charge in [0.05, 0.1) is 10.6 Å². The van der Waals surface area contributed by atoms with Crippen molar-refractivity contribution in [2.75, 3.05) is 25.0 Å². The summed E-state index contributed by atoms with van der Waals surface area (Å²) in [7, 11) is -3.68. The Kier molecular flexibility index (Phi) is 5.14. The lowest BCUT2D eigenvalue weighted by Crippen LogP contribution is -2.28. The molecule has 0 bridgehead atoms. The van der Waals surface area contributed by atoms with Crippen LogP contribution in [0.2, 0.25) is 5.02 Å². The Morgan fingerprint density at radius 3 is 2.64 bits per heavy atom. The van der Waals surface area contributed by atoms with Crippen LogP contribution in [0.1, 0.15) is 18.4 Å². The minimum atomic E-state index is -3.68. The van der Waals surface area contributed by atoms with E-state index in [0.717, 1.165) is 24.2 Å². The Bertz CT molecular complexity index is 1060. The van der Waals surface area contributed by atoms with E-state index in [0.29, 0.717) is 24.4 Å². The monoisotopic (exact) mass is 418 g/mol. The zero-order chi connectivity index (χ0) is 19.7. The van der Waals surface area contributed by atoms with Crippen molar-refractivity contribution in [2.24, 2.45) is 0 Å². The first-order chi connectivity index (χ1) is 13.4. The Morgan fingerprint density at radius 2 is 1.86 bits per heavy atom. The smallest absolute Gasteiger partial charge is 0.255 e. The molecule has 1 saturated heterocycles. The van der Waals surface area contributed by atoms with Gasteiger partial charge in [-0.05, 0) is 43.2 Å². The van der Waals surface area contributed by atoms with Crippen LogP contribution in [-0.4, -0.2) is 38.3 Å². The summed E-state index contributed by atoms with van der Waals surface area (Å²) >= 11 is 6.15. The molecule has 6 nitrogen and oxygen atoms in total. The number of carbonyl (C=O) groups excluding carboxylic acids is 1. The molecule has 4 rings (SSSR count). The molecule has 0 unspecified atom stereocenters. The second-order valence-corrected chi connectivity index (χ2v) is 9.02. The van der Waals surface area contributed by atoms with Gasteiger partial charge in [-0.1, -0.05) is 29.8 Å². The minimum Gasteiger partial charge on any atom is -0.488 e. The van der Waals surface area contributed by atoms with Crippen molar-refractivity contribution in [3.8, 4) is 5.75 Å². The van der Waals surface area contributed by atoms with Crippen LogP contribution in [0.5, 0.6) is 5.75 Å². The fourth-order valence-corrected chi connectivity index (χ4v) is 5.32. The highest BCUT2D eigenvalue weighted by molar-refractivity contribution is 7.89. The molecule has 0 saturated carbocycles. The lowest BCUT2D eigenvalue weighted by atomic mass is 10.1. The van der Waals surface area contributed by atoms with Gasteiger partial charge in [-0.15, -0.1) is 0 Å². The zero-order valence-corrected chi connectivity index (χ0v) is 16.6. The molecule has 0 atom stereocenters. The number of hydrogen-bond donors (Lipinski definition) is 1. The number of hydrogen-bond acceptors (Lipinski definition) is 4. The van der Waals surface area contributed by atoms with Crippen molar-refractivity contribution in [1.29, 1.82) is 0 Å². The predicted octanol–water partition coefficient (Wildman–Crippen LogP) is 3.54. The normalized spacial score (nSPS) is 16.8. The van der Waals surface area contributed by atoms with E-state index in [-0.39, 0.29) is 22.4 Å². The number of halogens is 1. The van der Waals surface area contributed by atoms with Gasteiger partial charge >= 0.3 is 0 Å². The van der Waals surface area contributed by atoms with Crippen LogP contribution in [0.25, 0.3) is 6.08 Å². The summed E-state index contributed by atoms with van der Waals surface area (Å²) in [6.07, 6.45) is 3.44. The van der Waals surface area contributed by atoms with Crippen molar-refractivity contribution in [3.05, 3.63) is 58.6 Å². The molecule has 28 heavy (non-hydrogen) atoms. The van der Waals surface area contributed by atoms with Crippen molar-refractivity contribution >= 4 is 39.3 Å². The van der Waals surface area contributed by atoms with E-state index >= 15 is 0 Å². The Balaban J connectivity index is 1.58. The molecule has 2 aliphatic rings. The molecular formula is C20H19ClN2O4S. The van der Waals surface area contributed by atoms with Crippen molar-refractivity contribution in [1.82, 2.24) is 4.31 Å². The predicted molar refractivity (Wildman–Crippen MR) is 108 cm³/mol. The number of amides is 1. The highest BCUT2D eigenvalue weighted by atomic mass is 35.5. The molecule has 0 spiro atoms. The molecule has 0 aromatic heterocycles. The molecule has 146 valence electrons. The third-order valence-corrected chi connectivity index (χ3v) is 7.18. The molecule has 0 aliphatic carbocycles. The van der Waals surface area contributed by atoms with E-state index in [1.807, 2.05) is 24.3 Å². The number of nitrogens with zero attached hydrogens (tertiary/aromatic N) is 1. The van der Waals surface area contributed by atoms with Crippen molar-refractivity contribution in [2.45, 2.75) is 17.7 Å². The van der Waals surface area contributed by atoms with E-state index in [1.165, 1.54) is 16.4 Å². The highest BCUT2D eigenvalue weighted by Crippen LogP contribution is 2.30. The number of rotatable bonds is 4. The Hall–Kier alpha value is -2.35. The van der Waals surface area contributed by atoms with Gasteiger partial charge in [0.2, 0.25) is 10.0 Å². The number of benzene rings is 2. The first-order valence-corrected chi connectivity index (χ1v) is 10.8. The summed E-state index contributed by atoms with van der Waals surface area (Å²) in [5.41, 5.74) is 1.65. The van der Waals surface area contributed by atoms with E-state index in [1.54, 1.807) is 12.1 Å². The summed E-state index contributed by atoms with van der Waals surface area (Å²) in [6, 6.07) is 11.9. The average molecular weight is 419 g/mol. The van der Waals surface area contributed by atoms with Gasteiger partial charge in [0.1, 0.15) is 17.3 Å². The maximum atomic E-state index is 12.8. The van der Waals surface area contributed by atoms with Crippen LogP contribution in [-0.2, 0) is 14.8 Å². The first-order valence-electron chi connectivity index (χ1n) is 8.98. The Labute approximate surface area is 168 Å². The fraction of sp³-hybridized carbons (Fsp3) is 0.250. The molecule has 1 fully saturated rings. The quantitative estimate of drug-likeness (QED) is 0.824. The summed E-state index contributed by atoms with van der Waals surface area (Å²) in [5.74, 6) is 0.380. The number of para-hydroxylation sites is 1. The van der Waals surface area contributed by atoms with Crippen LogP contribution >= 0.6 is 11.6 Å². The van der Waals surface area contributed by atoms with Gasteiger partial charge in [-0.2, -0.15) is 4.31 Å². The number of sulfonamides is 1. The second kappa shape index (κ2) is 7.58. The summed E-state index contributed by atoms with van der Waals surface area (Å²) in [6.45, 7) is 1.12. The van der Waals surface area contributed by atoms with Crippen molar-refractivity contribution in [3.63, 3.8) is 0 Å². The SMILES string of the molecule is O=C(Nc1ccc(Cl)c(S(=O)(=O)N2CCCC2)c1)C1=Cc2ccccc2OC1. The van der Waals surface area contributed by atoms with E-state index in [2.05, 4.69) is 5.32 Å². The van der Waals surface area contributed by atoms with Gasteiger partial charge < -0.3 is 10.1 Å². The maximum absolute atomic E-state index is 12.8. The van der Waals surface area contributed by atoms with Gasteiger partial charge in [0.25, 0.3) is 5.91 Å². The number of anilines is 1. The van der Waals surface area contributed by atoms with Crippen LogP contribution in [0.4, 0.5) is 5.69 Å². The minimum absolute atomic E-state index is 0.00749. The number of carbonyl (C=O) groups is 1. The zero-order valence-electron chi connectivity index (χ0n) is 15.0. The summed E-state index contributed by atoms with van der Waals surface area (Å²) in [4.78, 5) is 12.6. The molecule has 1 amide bonds. The lowest BCUT2D eigenvalue weighted by Gasteiger charge is -2.19. The summed E-state index contributed by atoms with van der Waals surface area (Å²) < 4.78 is 32.7. The topological polar surface area (TPSA) is 75.7 Å². The van der Waals surface area contributed by atoms with E-state index in [4.69, 9.17) is 16.3 Å². The van der Waals surface area contributed by atoms with Gasteiger partial charge in [-0.25, -0.2) is 8.42 Å². The van der Waals surface area contributed by atoms with Crippen LogP contribution in [0, 0.1) is 0 Å². The van der Waals surface area contributed by atoms with Crippen LogP contribution < -0.4 is 10.1 Å². The third-order valence-electron chi connectivity index (χ3n) is 4.80. The number of fused-ring (bicyclic) bond motifs is 1. The molecule has 2 aliphatic heterocycles. The third kappa shape index (κ3) is 3.65. The lowest BCUT2D eigenvalue weighted by molar-refractivity contribution is -0.113. The molecular weight excluding hydrogens is 400 g/mol. The molecule has 8 heteroatoms. The van der Waals surface area contributed by atoms with Crippen LogP contribution in [0.3, 0.4) is 0 Å². The molecule has 0 radical (unpaired) electrons. The van der Waals surface area contributed by atoms with Crippen LogP contribution in [0.15, 0.2) is 52.9 Å². The standard InChI is InChI=1S/C20H19ClN2O4S/c21-17-8-7-16(12-19(17)28(25,26)23-9-3-4-10-23)22-20(24)15-11-14-5-1-2-6-18(14)27-13-15/h1-2,5-8,11-12H,3-4,9-10,13H2,(H,22,24). The van der Waals surface area contributed by atoms with E-state index in [9.17, 15) is 13.2 Å². The largest absolute Gasteiger partial charge is 0.488 e. The number of ether oxygens (including phenoxy) is 1. The summed E-state index contributed by atoms with van der Waals surface area (Å²) in [5, 5.41) is 2.88. The molecule has 2 heterocycles. The second-order valence-electron chi connectivity index (χ2n) is 6.71. The molecule has 2 aromatic carbocycles. The average Bonchev–Trinajstić information content (AvgIpc) is 3.24. The molecule has 1 N–H and O–H groups in total. The van der Waals surface area contributed by atoms with Crippen molar-refractivity contribution < 1.29 is 17.9 Å². The van der Waals surface area contributed by atoms with E-state index < -0.39 is 10.0 Å². The Morgan fingerprint density at radius 1 is 1.11 bits per heavy atom. The maximum Gasteiger partial charge on any atom is 0.255 e. The van der Waals surface area contributed by atoms with Gasteiger partial charge in [-0.3, -0.25) is 4.79 Å². The van der Waals surface area contributed by atoms with Gasteiger partial charge in [0.15, 0.2) is 0 Å². The van der Waals surface area contributed by atoms with Gasteiger partial charge in [0, 0.05) is 24.3 Å². The first kappa shape index (κ1) is 19.0. The highest BCUT2D eigenvalue weighted by Gasteiger charge is 2.29.